The van der Waals surface area contributed by atoms with Gasteiger partial charge in [-0.15, -0.1) is 0 Å². The lowest BCUT2D eigenvalue weighted by molar-refractivity contribution is -0.138. The molecule has 0 aliphatic rings. The second kappa shape index (κ2) is 11.1. The summed E-state index contributed by atoms with van der Waals surface area (Å²) in [5, 5.41) is 3.41. The van der Waals surface area contributed by atoms with Crippen LogP contribution in [0.25, 0.3) is 10.8 Å². The molecule has 0 saturated heterocycles. The molecule has 0 nitrogen and oxygen atoms in total. The molecule has 0 aliphatic carbocycles. The first-order valence-electron chi connectivity index (χ1n) is 10.9. The fourth-order valence-corrected chi connectivity index (χ4v) is 7.29. The molecule has 2 atom stereocenters. The van der Waals surface area contributed by atoms with Crippen molar-refractivity contribution in [2.75, 3.05) is 12.8 Å². The number of benzene rings is 3. The largest absolute Gasteiger partial charge is 0.416 e. The maximum Gasteiger partial charge on any atom is 0.416 e. The molecule has 0 aliphatic heterocycles. The molecular formula is C26H29F4P. The van der Waals surface area contributed by atoms with Gasteiger partial charge < -0.3 is 0 Å². The van der Waals surface area contributed by atoms with E-state index in [1.807, 2.05) is 18.2 Å². The molecule has 31 heavy (non-hydrogen) atoms. The van der Waals surface area contributed by atoms with Crippen molar-refractivity contribution in [2.24, 2.45) is 0 Å². The molecule has 3 aromatic carbocycles. The minimum absolute atomic E-state index is 0.186. The lowest BCUT2D eigenvalue weighted by atomic mass is 9.99. The first-order chi connectivity index (χ1) is 15.0. The third-order valence-corrected chi connectivity index (χ3v) is 8.76. The van der Waals surface area contributed by atoms with Gasteiger partial charge in [-0.1, -0.05) is 94.8 Å². The molecule has 3 rings (SSSR count). The summed E-state index contributed by atoms with van der Waals surface area (Å²) in [4.78, 5) is 0. The first-order valence-corrected chi connectivity index (χ1v) is 12.5. The highest BCUT2D eigenvalue weighted by atomic mass is 31.1. The van der Waals surface area contributed by atoms with Gasteiger partial charge in [0.2, 0.25) is 0 Å². The van der Waals surface area contributed by atoms with Crippen LogP contribution in [0.5, 0.6) is 0 Å². The number of fused-ring (bicyclic) bond motifs is 1. The van der Waals surface area contributed by atoms with Crippen molar-refractivity contribution in [3.63, 3.8) is 0 Å². The number of hydrogen-bond donors (Lipinski definition) is 0. The lowest BCUT2D eigenvalue weighted by Gasteiger charge is -2.31. The molecular weight excluding hydrogens is 419 g/mol. The molecule has 0 radical (unpaired) electrons. The van der Waals surface area contributed by atoms with E-state index in [1.54, 1.807) is 12.1 Å². The Morgan fingerprint density at radius 2 is 1.48 bits per heavy atom. The average molecular weight is 448 g/mol. The second-order valence-corrected chi connectivity index (χ2v) is 10.5. The summed E-state index contributed by atoms with van der Waals surface area (Å²) in [7, 11) is -0.855. The fourth-order valence-electron chi connectivity index (χ4n) is 4.33. The summed E-state index contributed by atoms with van der Waals surface area (Å²) >= 11 is 0. The number of hydrogen-bond acceptors (Lipinski definition) is 0. The maximum absolute atomic E-state index is 13.9. The zero-order chi connectivity index (χ0) is 22.3. The third-order valence-electron chi connectivity index (χ3n) is 5.78. The van der Waals surface area contributed by atoms with Crippen molar-refractivity contribution in [3.8, 4) is 0 Å². The smallest absolute Gasteiger partial charge is 0.251 e. The maximum atomic E-state index is 13.9. The Kier molecular flexibility index (Phi) is 8.49. The van der Waals surface area contributed by atoms with Gasteiger partial charge in [0.25, 0.3) is 0 Å². The van der Waals surface area contributed by atoms with E-state index in [9.17, 15) is 17.6 Å². The standard InChI is InChI=1S/C26H29F4P/c1-2-31(24-18-11-13-20-12-6-7-14-21(20)24)25(17-5-3-4-10-19-27)22-15-8-9-16-23(22)26(28,29)30/h6-9,11-16,18,25H,2-5,10,17,19H2,1H3. The normalized spacial score (nSPS) is 14.0. The Morgan fingerprint density at radius 3 is 2.23 bits per heavy atom. The van der Waals surface area contributed by atoms with Crippen LogP contribution >= 0.6 is 7.92 Å². The predicted octanol–water partition coefficient (Wildman–Crippen LogP) is 8.65. The molecule has 2 unspecified atom stereocenters. The Bertz CT molecular complexity index is 962. The zero-order valence-corrected chi connectivity index (χ0v) is 18.7. The van der Waals surface area contributed by atoms with E-state index in [4.69, 9.17) is 0 Å². The zero-order valence-electron chi connectivity index (χ0n) is 17.8. The monoisotopic (exact) mass is 448 g/mol. The van der Waals surface area contributed by atoms with Crippen molar-refractivity contribution in [1.82, 2.24) is 0 Å². The van der Waals surface area contributed by atoms with Crippen LogP contribution in [0.15, 0.2) is 66.7 Å². The van der Waals surface area contributed by atoms with Gasteiger partial charge in [-0.2, -0.15) is 13.2 Å². The van der Waals surface area contributed by atoms with E-state index in [1.165, 1.54) is 17.4 Å². The van der Waals surface area contributed by atoms with Gasteiger partial charge in [0.1, 0.15) is 0 Å². The molecule has 3 aromatic rings. The molecule has 0 N–H and O–H groups in total. The van der Waals surface area contributed by atoms with Gasteiger partial charge in [-0.05, 0) is 46.7 Å². The summed E-state index contributed by atoms with van der Waals surface area (Å²) in [5.41, 5.74) is -0.305. The van der Waals surface area contributed by atoms with Crippen LogP contribution in [0, 0.1) is 0 Å². The molecule has 0 amide bonds. The summed E-state index contributed by atoms with van der Waals surface area (Å²) < 4.78 is 54.1. The Morgan fingerprint density at radius 1 is 0.806 bits per heavy atom. The molecule has 0 aromatic heterocycles. The minimum atomic E-state index is -4.38. The summed E-state index contributed by atoms with van der Waals surface area (Å²) in [6.07, 6.45) is 0.0685. The third kappa shape index (κ3) is 5.86. The molecule has 0 saturated carbocycles. The topological polar surface area (TPSA) is 0 Å². The fraction of sp³-hybridized carbons (Fsp3) is 0.385. The van der Waals surface area contributed by atoms with E-state index in [2.05, 4.69) is 31.2 Å². The van der Waals surface area contributed by atoms with Crippen LogP contribution in [-0.4, -0.2) is 12.8 Å². The molecule has 0 fully saturated rings. The van der Waals surface area contributed by atoms with Gasteiger partial charge in [0, 0.05) is 5.66 Å². The lowest BCUT2D eigenvalue weighted by Crippen LogP contribution is -2.16. The van der Waals surface area contributed by atoms with Gasteiger partial charge >= 0.3 is 6.18 Å². The molecule has 0 spiro atoms. The summed E-state index contributed by atoms with van der Waals surface area (Å²) in [5.74, 6) is 0. The van der Waals surface area contributed by atoms with E-state index >= 15 is 0 Å². The number of unbranched alkanes of at least 4 members (excludes halogenated alkanes) is 3. The van der Waals surface area contributed by atoms with Crippen LogP contribution in [0.2, 0.25) is 0 Å². The van der Waals surface area contributed by atoms with Crippen LogP contribution < -0.4 is 5.30 Å². The van der Waals surface area contributed by atoms with E-state index in [0.29, 0.717) is 18.4 Å². The van der Waals surface area contributed by atoms with Gasteiger partial charge in [-0.3, -0.25) is 4.39 Å². The van der Waals surface area contributed by atoms with E-state index in [-0.39, 0.29) is 12.3 Å². The Hall–Kier alpha value is -1.93. The van der Waals surface area contributed by atoms with Crippen LogP contribution in [0.3, 0.4) is 0 Å². The predicted molar refractivity (Wildman–Crippen MR) is 124 cm³/mol. The quantitative estimate of drug-likeness (QED) is 0.165. The highest BCUT2D eigenvalue weighted by Gasteiger charge is 2.36. The van der Waals surface area contributed by atoms with Gasteiger partial charge in [0.05, 0.1) is 12.2 Å². The first kappa shape index (κ1) is 23.7. The average Bonchev–Trinajstić information content (AvgIpc) is 2.77. The SMILES string of the molecule is CCP(c1cccc2ccccc12)C(CCCCCCF)c1ccccc1C(F)(F)F. The number of rotatable bonds is 10. The van der Waals surface area contributed by atoms with Crippen molar-refractivity contribution in [2.45, 2.75) is 50.9 Å². The highest BCUT2D eigenvalue weighted by Crippen LogP contribution is 2.55. The van der Waals surface area contributed by atoms with Crippen molar-refractivity contribution < 1.29 is 17.6 Å². The number of halogens is 4. The minimum Gasteiger partial charge on any atom is -0.251 e. The summed E-state index contributed by atoms with van der Waals surface area (Å²) in [6, 6.07) is 20.3. The van der Waals surface area contributed by atoms with Gasteiger partial charge in [-0.25, -0.2) is 0 Å². The Labute approximate surface area is 183 Å². The molecule has 5 heteroatoms. The van der Waals surface area contributed by atoms with Gasteiger partial charge in [0.15, 0.2) is 0 Å². The van der Waals surface area contributed by atoms with Crippen molar-refractivity contribution in [1.29, 1.82) is 0 Å². The van der Waals surface area contributed by atoms with Crippen LogP contribution in [0.4, 0.5) is 17.6 Å². The summed E-state index contributed by atoms with van der Waals surface area (Å²) in [6.45, 7) is 1.75. The van der Waals surface area contributed by atoms with Crippen LogP contribution in [-0.2, 0) is 6.18 Å². The Balaban J connectivity index is 2.04. The molecule has 0 bridgehead atoms. The second-order valence-electron chi connectivity index (χ2n) is 7.78. The van der Waals surface area contributed by atoms with Crippen molar-refractivity contribution in [3.05, 3.63) is 77.9 Å². The molecule has 166 valence electrons. The van der Waals surface area contributed by atoms with E-state index in [0.717, 1.165) is 36.2 Å². The number of alkyl halides is 4. The highest BCUT2D eigenvalue weighted by molar-refractivity contribution is 7.66. The molecule has 0 heterocycles. The van der Waals surface area contributed by atoms with Crippen LogP contribution in [0.1, 0.15) is 55.8 Å². The van der Waals surface area contributed by atoms with E-state index < -0.39 is 19.7 Å². The van der Waals surface area contributed by atoms with Crippen molar-refractivity contribution >= 4 is 24.0 Å².